The maximum absolute atomic E-state index is 14.1. The van der Waals surface area contributed by atoms with Gasteiger partial charge in [-0.15, -0.1) is 11.3 Å². The number of hydrogen-bond donors (Lipinski definition) is 0. The summed E-state index contributed by atoms with van der Waals surface area (Å²) in [6.07, 6.45) is -4.09. The second kappa shape index (κ2) is 9.41. The molecule has 4 aromatic rings. The summed E-state index contributed by atoms with van der Waals surface area (Å²) in [6, 6.07) is 15.1. The molecule has 3 aromatic carbocycles. The van der Waals surface area contributed by atoms with E-state index >= 15 is 0 Å². The van der Waals surface area contributed by atoms with Crippen LogP contribution in [0.5, 0.6) is 0 Å². The Morgan fingerprint density at radius 2 is 1.78 bits per heavy atom. The van der Waals surface area contributed by atoms with Crippen LogP contribution < -0.4 is 4.31 Å². The molecule has 1 aliphatic rings. The summed E-state index contributed by atoms with van der Waals surface area (Å²) in [7, 11) is -2.22. The fourth-order valence-electron chi connectivity index (χ4n) is 4.68. The topological polar surface area (TPSA) is 40.6 Å². The molecule has 2 heterocycles. The molecule has 0 aliphatic carbocycles. The van der Waals surface area contributed by atoms with Crippen LogP contribution in [0.25, 0.3) is 10.1 Å². The molecular weight excluding hydrogens is 524 g/mol. The first-order valence-corrected chi connectivity index (χ1v) is 13.9. The Morgan fingerprint density at radius 1 is 1.03 bits per heavy atom. The summed E-state index contributed by atoms with van der Waals surface area (Å²) >= 11 is 1.26. The Balaban J connectivity index is 1.65. The van der Waals surface area contributed by atoms with E-state index in [9.17, 15) is 26.0 Å². The van der Waals surface area contributed by atoms with Crippen LogP contribution in [0.15, 0.2) is 65.6 Å². The number of halogens is 4. The summed E-state index contributed by atoms with van der Waals surface area (Å²) in [5.74, 6) is -1.40. The molecule has 0 bridgehead atoms. The van der Waals surface area contributed by atoms with Crippen molar-refractivity contribution in [2.24, 2.45) is 0 Å². The third kappa shape index (κ3) is 4.85. The van der Waals surface area contributed by atoms with Crippen molar-refractivity contribution >= 4 is 36.4 Å². The molecular formula is C27H24F4N2O2S2. The van der Waals surface area contributed by atoms with Gasteiger partial charge in [-0.3, -0.25) is 4.31 Å². The number of anilines is 1. The highest BCUT2D eigenvalue weighted by Gasteiger charge is 2.35. The van der Waals surface area contributed by atoms with Gasteiger partial charge in [-0.2, -0.15) is 13.2 Å². The predicted molar refractivity (Wildman–Crippen MR) is 138 cm³/mol. The van der Waals surface area contributed by atoms with Crippen LogP contribution in [0.3, 0.4) is 0 Å². The molecule has 0 saturated heterocycles. The molecule has 0 radical (unpaired) electrons. The third-order valence-electron chi connectivity index (χ3n) is 6.68. The maximum atomic E-state index is 14.1. The van der Waals surface area contributed by atoms with Gasteiger partial charge in [-0.1, -0.05) is 30.3 Å². The molecule has 0 N–H and O–H groups in total. The summed E-state index contributed by atoms with van der Waals surface area (Å²) in [5, 5.41) is 1.28. The first-order chi connectivity index (χ1) is 17.4. The lowest BCUT2D eigenvalue weighted by Gasteiger charge is -2.27. The molecule has 5 rings (SSSR count). The molecule has 194 valence electrons. The minimum atomic E-state index is -4.90. The Morgan fingerprint density at radius 3 is 2.51 bits per heavy atom. The summed E-state index contributed by atoms with van der Waals surface area (Å²) in [5.41, 5.74) is 1.30. The second-order valence-electron chi connectivity index (χ2n) is 9.27. The van der Waals surface area contributed by atoms with Gasteiger partial charge in [0.2, 0.25) is 0 Å². The Bertz CT molecular complexity index is 1600. The van der Waals surface area contributed by atoms with E-state index in [2.05, 4.69) is 4.90 Å². The zero-order valence-corrected chi connectivity index (χ0v) is 21.8. The lowest BCUT2D eigenvalue weighted by atomic mass is 10.0. The lowest BCUT2D eigenvalue weighted by molar-refractivity contribution is -0.140. The zero-order valence-electron chi connectivity index (χ0n) is 20.1. The number of thiophene rings is 1. The highest BCUT2D eigenvalue weighted by molar-refractivity contribution is 7.93. The van der Waals surface area contributed by atoms with Crippen molar-refractivity contribution in [2.75, 3.05) is 17.9 Å². The van der Waals surface area contributed by atoms with Crippen molar-refractivity contribution in [3.05, 3.63) is 94.3 Å². The van der Waals surface area contributed by atoms with Crippen LogP contribution in [-0.4, -0.2) is 26.9 Å². The number of alkyl halides is 3. The number of aryl methyl sites for hydroxylation is 1. The van der Waals surface area contributed by atoms with Crippen LogP contribution in [0, 0.1) is 12.7 Å². The van der Waals surface area contributed by atoms with E-state index in [0.29, 0.717) is 23.2 Å². The fraction of sp³-hybridized carbons (Fsp3) is 0.259. The van der Waals surface area contributed by atoms with Gasteiger partial charge in [-0.05, 0) is 78.4 Å². The van der Waals surface area contributed by atoms with Gasteiger partial charge in [-0.25, -0.2) is 12.8 Å². The van der Waals surface area contributed by atoms with Crippen molar-refractivity contribution < 1.29 is 26.0 Å². The van der Waals surface area contributed by atoms with E-state index < -0.39 is 27.6 Å². The zero-order chi connectivity index (χ0) is 26.5. The van der Waals surface area contributed by atoms with Gasteiger partial charge in [0, 0.05) is 17.8 Å². The third-order valence-corrected chi connectivity index (χ3v) is 9.83. The number of hydrogen-bond acceptors (Lipinski definition) is 4. The molecule has 0 fully saturated rings. The van der Waals surface area contributed by atoms with E-state index in [0.717, 1.165) is 44.6 Å². The Kier molecular flexibility index (Phi) is 6.54. The molecule has 1 aromatic heterocycles. The number of benzene rings is 3. The predicted octanol–water partition coefficient (Wildman–Crippen LogP) is 6.75. The first-order valence-electron chi connectivity index (χ1n) is 11.6. The van der Waals surface area contributed by atoms with E-state index in [4.69, 9.17) is 0 Å². The molecule has 0 saturated carbocycles. The molecule has 0 amide bonds. The minimum absolute atomic E-state index is 0.0341. The first kappa shape index (κ1) is 25.7. The van der Waals surface area contributed by atoms with Gasteiger partial charge >= 0.3 is 6.18 Å². The number of sulfonamides is 1. The fourth-order valence-corrected chi connectivity index (χ4v) is 7.66. The van der Waals surface area contributed by atoms with E-state index in [1.54, 1.807) is 19.1 Å². The average molecular weight is 549 g/mol. The van der Waals surface area contributed by atoms with E-state index in [1.165, 1.54) is 17.4 Å². The van der Waals surface area contributed by atoms with Crippen LogP contribution in [-0.2, 0) is 35.7 Å². The molecule has 4 nitrogen and oxygen atoms in total. The van der Waals surface area contributed by atoms with Crippen LogP contribution in [0.4, 0.5) is 22.6 Å². The SMILES string of the molecule is Cc1c(N(Cc2ccc(F)c(C(F)(F)F)c2)S(=O)(=O)c2ccc3c(c2)CN(C)CC3)sc2ccccc12. The van der Waals surface area contributed by atoms with Gasteiger partial charge < -0.3 is 4.90 Å². The van der Waals surface area contributed by atoms with Gasteiger partial charge in [0.15, 0.2) is 0 Å². The summed E-state index contributed by atoms with van der Waals surface area (Å²) < 4.78 is 84.4. The normalized spacial score (nSPS) is 14.6. The maximum Gasteiger partial charge on any atom is 0.419 e. The summed E-state index contributed by atoms with van der Waals surface area (Å²) in [6.45, 7) is 2.90. The van der Waals surface area contributed by atoms with Gasteiger partial charge in [0.1, 0.15) is 10.8 Å². The molecule has 0 unspecified atom stereocenters. The minimum Gasteiger partial charge on any atom is -0.302 e. The van der Waals surface area contributed by atoms with Crippen LogP contribution in [0.2, 0.25) is 0 Å². The number of nitrogens with zero attached hydrogens (tertiary/aromatic N) is 2. The number of likely N-dealkylation sites (N-methyl/N-ethyl adjacent to an activating group) is 1. The van der Waals surface area contributed by atoms with Crippen LogP contribution in [0.1, 0.15) is 27.8 Å². The molecule has 0 spiro atoms. The monoisotopic (exact) mass is 548 g/mol. The standard InChI is InChI=1S/C27H24F4N2O2S2/c1-17-22-5-3-4-6-25(22)36-26(17)33(15-18-7-10-24(28)23(13-18)27(29,30)31)37(34,35)21-9-8-19-11-12-32(2)16-20(19)14-21/h3-10,13-14H,11-12,15-16H2,1-2H3. The molecule has 1 aliphatic heterocycles. The summed E-state index contributed by atoms with van der Waals surface area (Å²) in [4.78, 5) is 2.17. The van der Waals surface area contributed by atoms with Gasteiger partial charge in [0.05, 0.1) is 17.0 Å². The number of rotatable bonds is 5. The van der Waals surface area contributed by atoms with Gasteiger partial charge in [0.25, 0.3) is 10.0 Å². The molecule has 37 heavy (non-hydrogen) atoms. The van der Waals surface area contributed by atoms with Crippen LogP contribution >= 0.6 is 11.3 Å². The van der Waals surface area contributed by atoms with Crippen molar-refractivity contribution in [3.8, 4) is 0 Å². The Labute approximate surface area is 216 Å². The second-order valence-corrected chi connectivity index (χ2v) is 12.2. The molecule has 10 heteroatoms. The van der Waals surface area contributed by atoms with E-state index in [1.807, 2.05) is 37.4 Å². The van der Waals surface area contributed by atoms with Crippen molar-refractivity contribution in [2.45, 2.75) is 37.5 Å². The lowest BCUT2D eigenvalue weighted by Crippen LogP contribution is -2.31. The average Bonchev–Trinajstić information content (AvgIpc) is 3.18. The highest BCUT2D eigenvalue weighted by atomic mass is 32.2. The quantitative estimate of drug-likeness (QED) is 0.259. The molecule has 0 atom stereocenters. The smallest absolute Gasteiger partial charge is 0.302 e. The highest BCUT2D eigenvalue weighted by Crippen LogP contribution is 2.41. The Hall–Kier alpha value is -2.95. The largest absolute Gasteiger partial charge is 0.419 e. The van der Waals surface area contributed by atoms with Crippen molar-refractivity contribution in [3.63, 3.8) is 0 Å². The number of fused-ring (bicyclic) bond motifs is 2. The van der Waals surface area contributed by atoms with E-state index in [-0.39, 0.29) is 17.0 Å². The van der Waals surface area contributed by atoms with Crippen molar-refractivity contribution in [1.82, 2.24) is 4.90 Å². The van der Waals surface area contributed by atoms with Crippen molar-refractivity contribution in [1.29, 1.82) is 0 Å².